The maximum absolute atomic E-state index is 11.5. The highest BCUT2D eigenvalue weighted by atomic mass is 79.9. The zero-order chi connectivity index (χ0) is 12.0. The number of hydrogen-bond acceptors (Lipinski definition) is 4. The van der Waals surface area contributed by atoms with Crippen LogP contribution in [0.1, 0.15) is 17.7 Å². The number of aliphatic hydroxyl groups is 1. The number of aliphatic hydroxyl groups excluding tert-OH is 1. The van der Waals surface area contributed by atoms with Crippen molar-refractivity contribution in [2.75, 3.05) is 12.4 Å². The van der Waals surface area contributed by atoms with Crippen LogP contribution in [-0.2, 0) is 16.6 Å². The van der Waals surface area contributed by atoms with Crippen LogP contribution in [0.2, 0.25) is 0 Å². The molecule has 0 fully saturated rings. The number of unbranched alkanes of at least 4 members (excludes halogenated alkanes) is 1. The van der Waals surface area contributed by atoms with E-state index in [1.807, 2.05) is 12.1 Å². The van der Waals surface area contributed by atoms with Crippen molar-refractivity contribution in [1.29, 1.82) is 0 Å². The number of rotatable bonds is 7. The molecule has 0 aliphatic heterocycles. The molecule has 0 saturated heterocycles. The molecule has 0 atom stereocenters. The molecule has 1 rings (SSSR count). The van der Waals surface area contributed by atoms with E-state index < -0.39 is 10.0 Å². The molecule has 2 N–H and O–H groups in total. The topological polar surface area (TPSA) is 66.4 Å². The summed E-state index contributed by atoms with van der Waals surface area (Å²) in [6.07, 6.45) is 1.01. The van der Waals surface area contributed by atoms with Gasteiger partial charge in [0.1, 0.15) is 0 Å². The largest absolute Gasteiger partial charge is 0.396 e. The van der Waals surface area contributed by atoms with E-state index in [-0.39, 0.29) is 12.4 Å². The third-order valence-corrected chi connectivity index (χ3v) is 4.95. The third kappa shape index (κ3) is 5.40. The highest BCUT2D eigenvalue weighted by Crippen LogP contribution is 2.21. The van der Waals surface area contributed by atoms with Gasteiger partial charge in [-0.1, -0.05) is 0 Å². The highest BCUT2D eigenvalue weighted by molar-refractivity contribution is 9.11. The highest BCUT2D eigenvalue weighted by Gasteiger charge is 2.09. The molecule has 1 heterocycles. The van der Waals surface area contributed by atoms with Crippen LogP contribution in [0.4, 0.5) is 0 Å². The van der Waals surface area contributed by atoms with Gasteiger partial charge in [-0.2, -0.15) is 0 Å². The second kappa shape index (κ2) is 6.70. The van der Waals surface area contributed by atoms with E-state index in [0.717, 1.165) is 8.66 Å². The van der Waals surface area contributed by atoms with Crippen LogP contribution >= 0.6 is 27.3 Å². The van der Waals surface area contributed by atoms with Gasteiger partial charge in [0.2, 0.25) is 10.0 Å². The molecule has 0 amide bonds. The summed E-state index contributed by atoms with van der Waals surface area (Å²) in [5.74, 6) is 0.0695. The summed E-state index contributed by atoms with van der Waals surface area (Å²) < 4.78 is 26.5. The monoisotopic (exact) mass is 327 g/mol. The van der Waals surface area contributed by atoms with Crippen LogP contribution in [-0.4, -0.2) is 25.9 Å². The van der Waals surface area contributed by atoms with E-state index in [0.29, 0.717) is 19.4 Å². The van der Waals surface area contributed by atoms with E-state index in [1.165, 1.54) is 11.3 Å². The van der Waals surface area contributed by atoms with Gasteiger partial charge in [-0.05, 0) is 40.9 Å². The van der Waals surface area contributed by atoms with Crippen molar-refractivity contribution in [1.82, 2.24) is 4.72 Å². The zero-order valence-corrected chi connectivity index (χ0v) is 11.9. The second-order valence-corrected chi connectivity index (χ2v) is 7.75. The number of halogens is 1. The van der Waals surface area contributed by atoms with E-state index >= 15 is 0 Å². The molecular formula is C9H14BrNO3S2. The van der Waals surface area contributed by atoms with E-state index in [4.69, 9.17) is 5.11 Å². The van der Waals surface area contributed by atoms with Crippen molar-refractivity contribution < 1.29 is 13.5 Å². The van der Waals surface area contributed by atoms with Crippen LogP contribution in [0.15, 0.2) is 15.9 Å². The summed E-state index contributed by atoms with van der Waals surface area (Å²) in [5, 5.41) is 8.55. The molecule has 92 valence electrons. The van der Waals surface area contributed by atoms with Crippen molar-refractivity contribution in [3.63, 3.8) is 0 Å². The van der Waals surface area contributed by atoms with Crippen molar-refractivity contribution in [2.45, 2.75) is 19.4 Å². The maximum atomic E-state index is 11.5. The summed E-state index contributed by atoms with van der Waals surface area (Å²) in [5.41, 5.74) is 0. The second-order valence-electron chi connectivity index (χ2n) is 3.28. The van der Waals surface area contributed by atoms with E-state index in [2.05, 4.69) is 20.7 Å². The number of hydrogen-bond donors (Lipinski definition) is 2. The average Bonchev–Trinajstić information content (AvgIpc) is 2.62. The lowest BCUT2D eigenvalue weighted by Gasteiger charge is -2.04. The van der Waals surface area contributed by atoms with Gasteiger partial charge in [0.25, 0.3) is 0 Å². The van der Waals surface area contributed by atoms with Crippen LogP contribution in [0.3, 0.4) is 0 Å². The Balaban J connectivity index is 2.36. The molecule has 0 unspecified atom stereocenters. The molecule has 16 heavy (non-hydrogen) atoms. The standard InChI is InChI=1S/C9H14BrNO3S2/c10-9-4-3-8(15-9)7-11-16(13,14)6-2-1-5-12/h3-4,11-12H,1-2,5-7H2. The summed E-state index contributed by atoms with van der Waals surface area (Å²) in [4.78, 5) is 0.970. The predicted molar refractivity (Wildman–Crippen MR) is 69.0 cm³/mol. The van der Waals surface area contributed by atoms with Gasteiger partial charge in [0, 0.05) is 18.0 Å². The lowest BCUT2D eigenvalue weighted by atomic mass is 10.4. The molecule has 0 aliphatic rings. The Bertz CT molecular complexity index is 416. The molecule has 7 heteroatoms. The Morgan fingerprint density at radius 2 is 2.12 bits per heavy atom. The first-order valence-electron chi connectivity index (χ1n) is 4.86. The van der Waals surface area contributed by atoms with Gasteiger partial charge in [0.05, 0.1) is 9.54 Å². The minimum Gasteiger partial charge on any atom is -0.396 e. The fourth-order valence-corrected chi connectivity index (χ4v) is 3.72. The Morgan fingerprint density at radius 1 is 1.38 bits per heavy atom. The first-order chi connectivity index (χ1) is 7.53. The smallest absolute Gasteiger partial charge is 0.211 e. The van der Waals surface area contributed by atoms with E-state index in [1.54, 1.807) is 0 Å². The molecule has 0 radical (unpaired) electrons. The van der Waals surface area contributed by atoms with Crippen molar-refractivity contribution >= 4 is 37.3 Å². The van der Waals surface area contributed by atoms with Crippen molar-refractivity contribution in [3.05, 3.63) is 20.8 Å². The van der Waals surface area contributed by atoms with Gasteiger partial charge in [-0.15, -0.1) is 11.3 Å². The van der Waals surface area contributed by atoms with Gasteiger partial charge < -0.3 is 5.11 Å². The maximum Gasteiger partial charge on any atom is 0.211 e. The lowest BCUT2D eigenvalue weighted by Crippen LogP contribution is -2.25. The van der Waals surface area contributed by atoms with E-state index in [9.17, 15) is 8.42 Å². The molecule has 0 bridgehead atoms. The Labute approximate surface area is 108 Å². The van der Waals surface area contributed by atoms with Crippen LogP contribution < -0.4 is 4.72 Å². The molecular weight excluding hydrogens is 314 g/mol. The van der Waals surface area contributed by atoms with Gasteiger partial charge >= 0.3 is 0 Å². The van der Waals surface area contributed by atoms with Crippen LogP contribution in [0, 0.1) is 0 Å². The summed E-state index contributed by atoms with van der Waals surface area (Å²) in [6, 6.07) is 3.77. The van der Waals surface area contributed by atoms with Gasteiger partial charge in [0.15, 0.2) is 0 Å². The minimum atomic E-state index is -3.21. The SMILES string of the molecule is O=S(=O)(CCCCO)NCc1ccc(Br)s1. The molecule has 0 aliphatic carbocycles. The summed E-state index contributed by atoms with van der Waals surface area (Å²) in [7, 11) is -3.21. The van der Waals surface area contributed by atoms with Gasteiger partial charge in [-0.25, -0.2) is 13.1 Å². The number of thiophene rings is 1. The molecule has 1 aromatic rings. The molecule has 1 aromatic heterocycles. The fraction of sp³-hybridized carbons (Fsp3) is 0.556. The Morgan fingerprint density at radius 3 is 2.69 bits per heavy atom. The predicted octanol–water partition coefficient (Wildman–Crippen LogP) is 1.70. The minimum absolute atomic E-state index is 0.0351. The molecule has 4 nitrogen and oxygen atoms in total. The lowest BCUT2D eigenvalue weighted by molar-refractivity contribution is 0.287. The average molecular weight is 328 g/mol. The zero-order valence-electron chi connectivity index (χ0n) is 8.65. The van der Waals surface area contributed by atoms with Crippen molar-refractivity contribution in [3.8, 4) is 0 Å². The Kier molecular flexibility index (Phi) is 5.91. The fourth-order valence-electron chi connectivity index (χ4n) is 1.10. The first kappa shape index (κ1) is 14.1. The Hall–Kier alpha value is 0.0500. The van der Waals surface area contributed by atoms with Crippen LogP contribution in [0.25, 0.3) is 0 Å². The molecule has 0 saturated carbocycles. The number of nitrogens with one attached hydrogen (secondary N) is 1. The number of sulfonamides is 1. The third-order valence-electron chi connectivity index (χ3n) is 1.92. The van der Waals surface area contributed by atoms with Gasteiger partial charge in [-0.3, -0.25) is 0 Å². The summed E-state index contributed by atoms with van der Waals surface area (Å²) >= 11 is 4.82. The van der Waals surface area contributed by atoms with Crippen molar-refractivity contribution in [2.24, 2.45) is 0 Å². The first-order valence-corrected chi connectivity index (χ1v) is 8.12. The normalized spacial score (nSPS) is 11.9. The molecule has 0 spiro atoms. The quantitative estimate of drug-likeness (QED) is 0.749. The molecule has 0 aromatic carbocycles. The summed E-state index contributed by atoms with van der Waals surface area (Å²) in [6.45, 7) is 0.366. The van der Waals surface area contributed by atoms with Crippen LogP contribution in [0.5, 0.6) is 0 Å².